The first-order valence-corrected chi connectivity index (χ1v) is 14.5. The van der Waals surface area contributed by atoms with E-state index in [0.29, 0.717) is 18.5 Å². The van der Waals surface area contributed by atoms with Crippen molar-refractivity contribution in [3.05, 3.63) is 83.9 Å². The zero-order valence-electron chi connectivity index (χ0n) is 22.1. The molecule has 1 unspecified atom stereocenters. The Balaban J connectivity index is 1.59. The van der Waals surface area contributed by atoms with E-state index >= 15 is 0 Å². The summed E-state index contributed by atoms with van der Waals surface area (Å²) >= 11 is 0. The average molecular weight is 551 g/mol. The molecule has 3 aromatic rings. The first kappa shape index (κ1) is 28.3. The Hall–Kier alpha value is -3.69. The summed E-state index contributed by atoms with van der Waals surface area (Å²) < 4.78 is 31.1. The van der Waals surface area contributed by atoms with Crippen LogP contribution in [0.1, 0.15) is 30.9 Å². The minimum atomic E-state index is -4.10. The molecule has 1 heterocycles. The fourth-order valence-corrected chi connectivity index (χ4v) is 7.12. The summed E-state index contributed by atoms with van der Waals surface area (Å²) in [5.41, 5.74) is 3.74. The lowest BCUT2D eigenvalue weighted by molar-refractivity contribution is -0.142. The van der Waals surface area contributed by atoms with Gasteiger partial charge in [0.2, 0.25) is 5.91 Å². The summed E-state index contributed by atoms with van der Waals surface area (Å²) in [6.45, 7) is 2.56. The number of carbonyl (C=O) groups excluding carboxylic acids is 1. The number of hydrogen-bond donors (Lipinski definition) is 3. The van der Waals surface area contributed by atoms with Crippen LogP contribution in [0.25, 0.3) is 11.1 Å². The van der Waals surface area contributed by atoms with Crippen molar-refractivity contribution in [3.8, 4) is 16.9 Å². The van der Waals surface area contributed by atoms with Gasteiger partial charge in [0.1, 0.15) is 11.8 Å². The normalized spacial score (nSPS) is 18.2. The number of carbonyl (C=O) groups is 2. The minimum Gasteiger partial charge on any atom is -0.496 e. The van der Waals surface area contributed by atoms with Crippen molar-refractivity contribution in [1.29, 1.82) is 0 Å². The molecule has 1 fully saturated rings. The van der Waals surface area contributed by atoms with E-state index in [-0.39, 0.29) is 24.3 Å². The summed E-state index contributed by atoms with van der Waals surface area (Å²) in [6, 6.07) is 19.9. The number of hydrogen-bond acceptors (Lipinski definition) is 6. The molecule has 0 aromatic heterocycles. The maximum absolute atomic E-state index is 13.7. The molecule has 1 amide bonds. The van der Waals surface area contributed by atoms with E-state index in [1.807, 2.05) is 42.5 Å². The van der Waals surface area contributed by atoms with Crippen LogP contribution in [0.2, 0.25) is 0 Å². The number of aliphatic carboxylic acids is 1. The highest BCUT2D eigenvalue weighted by Gasteiger charge is 2.52. The minimum absolute atomic E-state index is 0.00278. The van der Waals surface area contributed by atoms with E-state index in [1.54, 1.807) is 25.3 Å². The lowest BCUT2D eigenvalue weighted by Gasteiger charge is -2.36. The predicted molar refractivity (Wildman–Crippen MR) is 150 cm³/mol. The second-order valence-electron chi connectivity index (χ2n) is 9.70. The second-order valence-corrected chi connectivity index (χ2v) is 12.0. The number of carboxylic acids is 1. The Labute approximate surface area is 229 Å². The van der Waals surface area contributed by atoms with Crippen molar-refractivity contribution in [2.45, 2.75) is 48.3 Å². The number of methoxy groups -OCH3 is 1. The molecule has 0 radical (unpaired) electrons. The lowest BCUT2D eigenvalue weighted by atomic mass is 9.94. The molecule has 1 aliphatic rings. The number of amides is 1. The molecule has 0 aliphatic carbocycles. The lowest BCUT2D eigenvalue weighted by Crippen LogP contribution is -2.62. The van der Waals surface area contributed by atoms with E-state index in [9.17, 15) is 23.1 Å². The van der Waals surface area contributed by atoms with Crippen LogP contribution in [0.15, 0.2) is 77.7 Å². The number of carboxylic acid groups (broad SMARTS) is 1. The third kappa shape index (κ3) is 5.69. The number of ether oxygens (including phenoxy) is 1. The Morgan fingerprint density at radius 3 is 2.36 bits per heavy atom. The highest BCUT2D eigenvalue weighted by Crippen LogP contribution is 2.35. The number of rotatable bonds is 10. The monoisotopic (exact) mass is 550 g/mol. The summed E-state index contributed by atoms with van der Waals surface area (Å²) in [5.74, 6) is -1.28. The van der Waals surface area contributed by atoms with Crippen molar-refractivity contribution in [1.82, 2.24) is 10.6 Å². The van der Waals surface area contributed by atoms with E-state index in [2.05, 4.69) is 17.6 Å². The summed E-state index contributed by atoms with van der Waals surface area (Å²) in [7, 11) is -2.47. The molecule has 1 saturated heterocycles. The molecule has 1 aliphatic heterocycles. The van der Waals surface area contributed by atoms with Crippen LogP contribution in [-0.4, -0.2) is 56.4 Å². The van der Waals surface area contributed by atoms with E-state index in [4.69, 9.17) is 4.74 Å². The van der Waals surface area contributed by atoms with Crippen LogP contribution in [-0.2, 0) is 32.3 Å². The molecule has 3 N–H and O–H groups in total. The Bertz CT molecular complexity index is 1390. The molecule has 9 heteroatoms. The second kappa shape index (κ2) is 12.0. The van der Waals surface area contributed by atoms with Gasteiger partial charge in [0, 0.05) is 18.5 Å². The van der Waals surface area contributed by atoms with E-state index < -0.39 is 32.5 Å². The number of aryl methyl sites for hydroxylation is 1. The van der Waals surface area contributed by atoms with Gasteiger partial charge in [-0.05, 0) is 60.7 Å². The van der Waals surface area contributed by atoms with Gasteiger partial charge in [0.05, 0.1) is 12.0 Å². The Morgan fingerprint density at radius 1 is 1.05 bits per heavy atom. The molecule has 0 spiro atoms. The fourth-order valence-electron chi connectivity index (χ4n) is 5.15. The van der Waals surface area contributed by atoms with Crippen molar-refractivity contribution in [3.63, 3.8) is 0 Å². The molecule has 0 saturated carbocycles. The Morgan fingerprint density at radius 2 is 1.77 bits per heavy atom. The molecular formula is C30H34N2O6S. The standard InChI is InChI=1S/C30H34N2O6S/c1-3-22-9-7-12-26(38-2)27(22)23-15-13-21(14-16-23)19-25(28(33)34)32-29(35)30(17-8-18-31-20-30)39(36,37)24-10-5-4-6-11-24/h4-7,9-16,25,31H,3,8,17-20H2,1-2H3,(H,32,35)(H,33,34)/t25-,30?/m0/s1. The maximum Gasteiger partial charge on any atom is 0.326 e. The molecule has 8 nitrogen and oxygen atoms in total. The maximum atomic E-state index is 13.7. The van der Waals surface area contributed by atoms with Crippen LogP contribution in [0.4, 0.5) is 0 Å². The third-order valence-electron chi connectivity index (χ3n) is 7.33. The van der Waals surface area contributed by atoms with Crippen LogP contribution in [0.5, 0.6) is 5.75 Å². The molecule has 3 aromatic carbocycles. The van der Waals surface area contributed by atoms with Gasteiger partial charge in [-0.3, -0.25) is 4.79 Å². The number of sulfone groups is 1. The van der Waals surface area contributed by atoms with Gasteiger partial charge in [0.15, 0.2) is 14.6 Å². The number of nitrogens with one attached hydrogen (secondary N) is 2. The first-order chi connectivity index (χ1) is 18.7. The predicted octanol–water partition coefficient (Wildman–Crippen LogP) is 3.63. The summed E-state index contributed by atoms with van der Waals surface area (Å²) in [6.07, 6.45) is 1.40. The third-order valence-corrected chi connectivity index (χ3v) is 9.78. The van der Waals surface area contributed by atoms with Gasteiger partial charge >= 0.3 is 5.97 Å². The first-order valence-electron chi connectivity index (χ1n) is 13.0. The summed E-state index contributed by atoms with van der Waals surface area (Å²) in [4.78, 5) is 25.9. The van der Waals surface area contributed by atoms with Gasteiger partial charge < -0.3 is 20.5 Å². The zero-order chi connectivity index (χ0) is 28.0. The average Bonchev–Trinajstić information content (AvgIpc) is 2.97. The highest BCUT2D eigenvalue weighted by molar-refractivity contribution is 7.93. The van der Waals surface area contributed by atoms with Crippen LogP contribution >= 0.6 is 0 Å². The molecule has 39 heavy (non-hydrogen) atoms. The van der Waals surface area contributed by atoms with Gasteiger partial charge in [0.25, 0.3) is 0 Å². The van der Waals surface area contributed by atoms with E-state index in [1.165, 1.54) is 12.1 Å². The smallest absolute Gasteiger partial charge is 0.326 e. The molecule has 206 valence electrons. The van der Waals surface area contributed by atoms with Crippen molar-refractivity contribution in [2.24, 2.45) is 0 Å². The van der Waals surface area contributed by atoms with Crippen molar-refractivity contribution in [2.75, 3.05) is 20.2 Å². The SMILES string of the molecule is CCc1cccc(OC)c1-c1ccc(C[C@H](NC(=O)C2(S(=O)(=O)c3ccccc3)CCCNC2)C(=O)O)cc1. The van der Waals surface area contributed by atoms with Gasteiger partial charge in [-0.25, -0.2) is 13.2 Å². The molecule has 0 bridgehead atoms. The molecular weight excluding hydrogens is 516 g/mol. The van der Waals surface area contributed by atoms with Crippen LogP contribution < -0.4 is 15.4 Å². The molecule has 4 rings (SSSR count). The fraction of sp³-hybridized carbons (Fsp3) is 0.333. The number of benzene rings is 3. The number of piperidine rings is 1. The van der Waals surface area contributed by atoms with Gasteiger partial charge in [-0.1, -0.05) is 61.5 Å². The zero-order valence-corrected chi connectivity index (χ0v) is 23.0. The van der Waals surface area contributed by atoms with Crippen LogP contribution in [0.3, 0.4) is 0 Å². The molecule has 2 atom stereocenters. The highest BCUT2D eigenvalue weighted by atomic mass is 32.2. The summed E-state index contributed by atoms with van der Waals surface area (Å²) in [5, 5.41) is 15.5. The van der Waals surface area contributed by atoms with Gasteiger partial charge in [-0.2, -0.15) is 0 Å². The topological polar surface area (TPSA) is 122 Å². The van der Waals surface area contributed by atoms with Gasteiger partial charge in [-0.15, -0.1) is 0 Å². The van der Waals surface area contributed by atoms with E-state index in [0.717, 1.165) is 28.9 Å². The van der Waals surface area contributed by atoms with Crippen molar-refractivity contribution >= 4 is 21.7 Å². The quantitative estimate of drug-likeness (QED) is 0.352. The van der Waals surface area contributed by atoms with Crippen LogP contribution in [0, 0.1) is 0 Å². The largest absolute Gasteiger partial charge is 0.496 e. The van der Waals surface area contributed by atoms with Crippen molar-refractivity contribution < 1.29 is 27.9 Å². The Kier molecular flexibility index (Phi) is 8.72.